The number of hydrogen-bond acceptors (Lipinski definition) is 26. The number of aliphatic hydroxyl groups is 1. The number of benzene rings is 3. The van der Waals surface area contributed by atoms with Crippen LogP contribution in [0.3, 0.4) is 0 Å². The number of anilines is 4. The third-order valence-electron chi connectivity index (χ3n) is 19.3. The van der Waals surface area contributed by atoms with Crippen LogP contribution in [0, 0.1) is 0 Å². The Morgan fingerprint density at radius 1 is 0.891 bits per heavy atom. The number of rotatable bonds is 32. The molecule has 582 valence electrons. The largest absolute Gasteiger partial charge is 0.509 e. The van der Waals surface area contributed by atoms with E-state index in [2.05, 4.69) is 151 Å². The lowest BCUT2D eigenvalue weighted by Gasteiger charge is -2.34. The number of ether oxygens (including phenoxy) is 5. The highest BCUT2D eigenvalue weighted by atomic mass is 33.1. The van der Waals surface area contributed by atoms with E-state index in [0.29, 0.717) is 66.2 Å². The maximum absolute atomic E-state index is 15.1. The minimum atomic E-state index is -3.96. The number of halogens is 2. The molecule has 7 heterocycles. The van der Waals surface area contributed by atoms with Gasteiger partial charge in [0, 0.05) is 103 Å². The Morgan fingerprint density at radius 2 is 1.65 bits per heavy atom. The Balaban J connectivity index is 0.720. The molecule has 0 saturated carbocycles. The molecule has 35 heteroatoms. The molecule has 5 atom stereocenters. The summed E-state index contributed by atoms with van der Waals surface area (Å²) in [6.45, 7) is 16.6. The molecule has 0 bridgehead atoms. The van der Waals surface area contributed by atoms with Crippen molar-refractivity contribution in [2.45, 2.75) is 148 Å². The van der Waals surface area contributed by atoms with Gasteiger partial charge in [-0.1, -0.05) is 89.2 Å². The summed E-state index contributed by atoms with van der Waals surface area (Å²) in [6.07, 6.45) is 4.87. The molecule has 3 aliphatic heterocycles. The van der Waals surface area contributed by atoms with Crippen LogP contribution in [0.5, 0.6) is 5.88 Å². The number of aromatic hydroxyl groups is 1. The number of para-hydroxylation sites is 2. The van der Waals surface area contributed by atoms with Crippen molar-refractivity contribution in [3.8, 4) is 5.88 Å². The molecule has 1 aliphatic carbocycles. The summed E-state index contributed by atoms with van der Waals surface area (Å²) in [5, 5.41) is 47.8. The van der Waals surface area contributed by atoms with E-state index in [1.165, 1.54) is 40.3 Å². The third kappa shape index (κ3) is 18.4. The van der Waals surface area contributed by atoms with Gasteiger partial charge in [0.1, 0.15) is 43.4 Å². The fourth-order valence-electron chi connectivity index (χ4n) is 13.7. The Morgan fingerprint density at radius 3 is 2.40 bits per heavy atom. The number of amides is 3. The molecule has 1 saturated heterocycles. The molecule has 3 amide bonds. The standard InChI is InChI=1S/C75H87F2N17O14S2/c1-8-91-54-18-13-11-16-51(54)73(4,5)57(91)27-22-45-36-50(105-41-49-40-90(89-88-49)32-15-31-80-60(95)29-26-53(67(99)100)84-65(97)44-20-24-47(25-21-44)81-38-48-39-82-64-61(83-48)66(98)87-69(79)86-64)37-46(23-28-58-74(6,7)52-17-12-14-19-55(52)92(58)9-2)62(45)93(10-3)71(102)104-34-35-109-110-43-107-72(103)106-42-56-63(96)75(76,77)68(108-56)94-33-30-59(78)85-70(94)101/h11-14,16-25,27-28,30,33,39-40,50,53,56,63,68,96H,8-10,15,26,29,31-32,34-38,41-43H2,1-7H3,(H8-,78,79,80,81,82,84,85,86,87,95,97,98,99,100,101)/p+1/t53?,56-,63-,68-/m1/s1. The number of nitrogens with two attached hydrogens (primary N) is 2. The van der Waals surface area contributed by atoms with E-state index in [1.807, 2.05) is 31.2 Å². The predicted molar refractivity (Wildman–Crippen MR) is 407 cm³/mol. The number of aryl methyl sites for hydroxylation is 1. The number of alkyl halides is 2. The third-order valence-corrected chi connectivity index (χ3v) is 21.3. The van der Waals surface area contributed by atoms with Crippen LogP contribution in [0.1, 0.15) is 120 Å². The first-order chi connectivity index (χ1) is 52.7. The Labute approximate surface area is 639 Å². The zero-order valence-electron chi connectivity index (χ0n) is 61.7. The van der Waals surface area contributed by atoms with Crippen molar-refractivity contribution >= 4 is 97.3 Å². The fourth-order valence-corrected chi connectivity index (χ4v) is 15.1. The maximum atomic E-state index is 15.1. The number of allylic oxidation sites excluding steroid dienone is 6. The SMILES string of the molecule is CCN(C(=O)OCCSSCOC(=O)OC[C@H]1O[C@@H](n2ccc(N)nc2=O)C(F)(F)[C@@H]1O)C1=C(/C=C/C2=[N+](CC)c3ccccc3C2(C)C)CC(OCc2cn(CCCNC(=O)CCC(NC(=O)c3ccc(NCc4cnc5nc(N)nc(O)c5n4)cc3)C(=O)O)nn2)C/C1=C\C=C1/N(CC)c2ccccc2C1(C)C. The number of carboxylic acids is 1. The summed E-state index contributed by atoms with van der Waals surface area (Å²) >= 11 is 0. The molecule has 4 aromatic heterocycles. The van der Waals surface area contributed by atoms with Gasteiger partial charge in [-0.05, 0) is 107 Å². The van der Waals surface area contributed by atoms with Crippen molar-refractivity contribution in [1.82, 2.24) is 60.0 Å². The summed E-state index contributed by atoms with van der Waals surface area (Å²) in [7, 11) is 2.34. The lowest BCUT2D eigenvalue weighted by Crippen LogP contribution is -2.42. The van der Waals surface area contributed by atoms with Crippen molar-refractivity contribution in [3.05, 3.63) is 183 Å². The first kappa shape index (κ1) is 80.1. The number of nitrogens with one attached hydrogen (secondary N) is 3. The zero-order valence-corrected chi connectivity index (χ0v) is 63.3. The number of hydrogen-bond donors (Lipinski definition) is 8. The van der Waals surface area contributed by atoms with Crippen molar-refractivity contribution in [2.24, 2.45) is 0 Å². The summed E-state index contributed by atoms with van der Waals surface area (Å²) in [4.78, 5) is 102. The highest BCUT2D eigenvalue weighted by molar-refractivity contribution is 8.76. The number of aliphatic carboxylic acids is 1. The fraction of sp³-hybridized carbons (Fsp3) is 0.413. The van der Waals surface area contributed by atoms with E-state index < -0.39 is 95.5 Å². The lowest BCUT2D eigenvalue weighted by molar-refractivity contribution is -0.433. The van der Waals surface area contributed by atoms with Gasteiger partial charge in [-0.25, -0.2) is 29.1 Å². The maximum Gasteiger partial charge on any atom is 0.509 e. The average Bonchev–Trinajstić information content (AvgIpc) is 1.60. The molecule has 4 aliphatic rings. The second-order valence-corrected chi connectivity index (χ2v) is 29.7. The number of nitrogens with zero attached hydrogens (tertiary/aromatic N) is 12. The van der Waals surface area contributed by atoms with Crippen LogP contribution in [0.2, 0.25) is 0 Å². The number of carboxylic acid groups (broad SMARTS) is 1. The summed E-state index contributed by atoms with van der Waals surface area (Å²) in [5.41, 5.74) is 20.2. The van der Waals surface area contributed by atoms with Crippen LogP contribution in [-0.4, -0.2) is 186 Å². The molecular formula is C75H88F2N17O14S2+. The van der Waals surface area contributed by atoms with Crippen LogP contribution < -0.4 is 38.0 Å². The van der Waals surface area contributed by atoms with Crippen LogP contribution in [0.25, 0.3) is 11.2 Å². The Bertz CT molecular complexity index is 4800. The van der Waals surface area contributed by atoms with Gasteiger partial charge in [0.15, 0.2) is 28.9 Å². The molecule has 3 aromatic carbocycles. The summed E-state index contributed by atoms with van der Waals surface area (Å²) < 4.78 is 62.8. The van der Waals surface area contributed by atoms with Gasteiger partial charge in [-0.2, -0.15) is 28.3 Å². The number of carbonyl (C=O) groups excluding carboxylic acids is 4. The van der Waals surface area contributed by atoms with Gasteiger partial charge in [-0.3, -0.25) is 23.7 Å². The quantitative estimate of drug-likeness (QED) is 0.00640. The molecular weight excluding hydrogens is 1470 g/mol. The molecule has 11 rings (SSSR count). The lowest BCUT2D eigenvalue weighted by atomic mass is 9.80. The first-order valence-electron chi connectivity index (χ1n) is 35.8. The molecule has 10 N–H and O–H groups in total. The highest BCUT2D eigenvalue weighted by Gasteiger charge is 2.60. The Kier molecular flexibility index (Phi) is 25.7. The monoisotopic (exact) mass is 1550 g/mol. The minimum Gasteiger partial charge on any atom is -0.492 e. The van der Waals surface area contributed by atoms with Crippen LogP contribution >= 0.6 is 21.6 Å². The summed E-state index contributed by atoms with van der Waals surface area (Å²) in [5.74, 6) is -7.02. The molecule has 110 heavy (non-hydrogen) atoms. The van der Waals surface area contributed by atoms with E-state index in [9.17, 15) is 44.1 Å². The van der Waals surface area contributed by atoms with Crippen molar-refractivity contribution in [1.29, 1.82) is 0 Å². The first-order valence-corrected chi connectivity index (χ1v) is 38.3. The molecule has 0 spiro atoms. The molecule has 0 radical (unpaired) electrons. The number of likely N-dealkylation sites (N-methyl/N-ethyl adjacent to an activating group) is 2. The van der Waals surface area contributed by atoms with Crippen LogP contribution in [-0.2, 0) is 63.8 Å². The van der Waals surface area contributed by atoms with Crippen LogP contribution in [0.15, 0.2) is 149 Å². The second kappa shape index (κ2) is 35.2. The van der Waals surface area contributed by atoms with Gasteiger partial charge in [0.25, 0.3) is 5.91 Å². The smallest absolute Gasteiger partial charge is 0.492 e. The number of carbonyl (C=O) groups is 5. The van der Waals surface area contributed by atoms with Crippen molar-refractivity contribution in [2.75, 3.05) is 72.8 Å². The van der Waals surface area contributed by atoms with E-state index in [4.69, 9.17) is 35.2 Å². The number of nitrogen functional groups attached to an aromatic ring is 2. The number of aliphatic hydroxyl groups excluding tert-OH is 1. The highest BCUT2D eigenvalue weighted by Crippen LogP contribution is 2.49. The minimum absolute atomic E-state index is 0.0418. The van der Waals surface area contributed by atoms with E-state index in [1.54, 1.807) is 27.9 Å². The van der Waals surface area contributed by atoms with Gasteiger partial charge in [0.2, 0.25) is 29.7 Å². The van der Waals surface area contributed by atoms with E-state index >= 15 is 8.78 Å². The van der Waals surface area contributed by atoms with Gasteiger partial charge >= 0.3 is 29.8 Å². The predicted octanol–water partition coefficient (Wildman–Crippen LogP) is 8.98. The van der Waals surface area contributed by atoms with Gasteiger partial charge < -0.3 is 71.3 Å². The van der Waals surface area contributed by atoms with Crippen molar-refractivity contribution in [3.63, 3.8) is 0 Å². The topological polar surface area (TPSA) is 407 Å². The average molecular weight is 1550 g/mol. The van der Waals surface area contributed by atoms with Crippen LogP contribution in [0.4, 0.5) is 47.2 Å². The Hall–Kier alpha value is -10.9. The van der Waals surface area contributed by atoms with E-state index in [0.717, 1.165) is 57.0 Å². The van der Waals surface area contributed by atoms with Gasteiger partial charge in [-0.15, -0.1) is 5.10 Å². The zero-order chi connectivity index (χ0) is 78.6. The number of aromatic nitrogens is 9. The molecule has 31 nitrogen and oxygen atoms in total. The molecule has 2 unspecified atom stereocenters. The molecule has 7 aromatic rings. The van der Waals surface area contributed by atoms with Gasteiger partial charge in [0.05, 0.1) is 48.5 Å². The molecule has 1 fully saturated rings. The van der Waals surface area contributed by atoms with E-state index in [-0.39, 0.29) is 85.9 Å². The van der Waals surface area contributed by atoms with Crippen molar-refractivity contribution < 1.29 is 76.3 Å². The second-order valence-electron chi connectivity index (χ2n) is 27.2. The summed E-state index contributed by atoms with van der Waals surface area (Å²) in [6, 6.07) is 22.8. The number of fused-ring (bicyclic) bond motifs is 3. The normalized spacial score (nSPS) is 19.2.